The fourth-order valence-corrected chi connectivity index (χ4v) is 5.25. The van der Waals surface area contributed by atoms with Crippen LogP contribution in [0.5, 0.6) is 0 Å². The van der Waals surface area contributed by atoms with Crippen LogP contribution in [-0.4, -0.2) is 36.9 Å². The van der Waals surface area contributed by atoms with E-state index in [1.54, 1.807) is 0 Å². The summed E-state index contributed by atoms with van der Waals surface area (Å²) in [5.41, 5.74) is 0. The maximum Gasteiger partial charge on any atom is 0.305 e. The second-order valence-electron chi connectivity index (χ2n) is 12.0. The van der Waals surface area contributed by atoms with E-state index in [0.717, 1.165) is 38.6 Å². The number of nitrogens with one attached hydrogen (secondary N) is 1. The Labute approximate surface area is 256 Å². The number of esters is 1. The summed E-state index contributed by atoms with van der Waals surface area (Å²) in [7, 11) is 0. The third kappa shape index (κ3) is 33.2. The van der Waals surface area contributed by atoms with Crippen LogP contribution in [0.15, 0.2) is 24.3 Å². The van der Waals surface area contributed by atoms with Gasteiger partial charge >= 0.3 is 5.97 Å². The lowest BCUT2D eigenvalue weighted by Gasteiger charge is -2.17. The molecule has 242 valence electrons. The summed E-state index contributed by atoms with van der Waals surface area (Å²) in [5, 5.41) is 13.1. The maximum absolute atomic E-state index is 11.9. The van der Waals surface area contributed by atoms with Crippen molar-refractivity contribution in [1.29, 1.82) is 0 Å². The predicted octanol–water partition coefficient (Wildman–Crippen LogP) is 10.8. The van der Waals surface area contributed by atoms with Crippen molar-refractivity contribution >= 4 is 5.97 Å². The Bertz CT molecular complexity index is 575. The van der Waals surface area contributed by atoms with Gasteiger partial charge < -0.3 is 15.2 Å². The highest BCUT2D eigenvalue weighted by atomic mass is 16.5. The molecule has 0 aliphatic heterocycles. The van der Waals surface area contributed by atoms with Gasteiger partial charge in [0.15, 0.2) is 0 Å². The number of aliphatic hydroxyl groups is 1. The molecule has 0 amide bonds. The van der Waals surface area contributed by atoms with Crippen LogP contribution in [-0.2, 0) is 9.53 Å². The highest BCUT2D eigenvalue weighted by molar-refractivity contribution is 5.69. The van der Waals surface area contributed by atoms with Crippen molar-refractivity contribution in [2.24, 2.45) is 0 Å². The van der Waals surface area contributed by atoms with E-state index in [-0.39, 0.29) is 12.6 Å². The molecule has 0 spiro atoms. The van der Waals surface area contributed by atoms with Gasteiger partial charge in [0.25, 0.3) is 0 Å². The first kappa shape index (κ1) is 39.9. The quantitative estimate of drug-likeness (QED) is 0.0463. The van der Waals surface area contributed by atoms with Gasteiger partial charge in [0.1, 0.15) is 0 Å². The lowest BCUT2D eigenvalue weighted by molar-refractivity contribution is -0.143. The zero-order chi connectivity index (χ0) is 29.9. The van der Waals surface area contributed by atoms with E-state index in [9.17, 15) is 9.90 Å². The summed E-state index contributed by atoms with van der Waals surface area (Å²) in [4.78, 5) is 11.9. The van der Waals surface area contributed by atoms with E-state index in [1.165, 1.54) is 128 Å². The molecule has 0 aromatic heterocycles. The zero-order valence-corrected chi connectivity index (χ0v) is 27.7. The minimum absolute atomic E-state index is 0.0159. The predicted molar refractivity (Wildman–Crippen MR) is 180 cm³/mol. The van der Waals surface area contributed by atoms with Crippen LogP contribution in [0.25, 0.3) is 0 Å². The van der Waals surface area contributed by atoms with Crippen LogP contribution < -0.4 is 5.32 Å². The molecule has 0 saturated carbocycles. The van der Waals surface area contributed by atoms with Gasteiger partial charge in [-0.15, -0.1) is 0 Å². The van der Waals surface area contributed by atoms with Crippen LogP contribution in [0, 0.1) is 0 Å². The molecule has 2 N–H and O–H groups in total. The first-order valence-corrected chi connectivity index (χ1v) is 18.0. The fourth-order valence-electron chi connectivity index (χ4n) is 5.25. The number of aliphatic hydroxyl groups excluding tert-OH is 1. The highest BCUT2D eigenvalue weighted by Gasteiger charge is 2.07. The Kier molecular flexibility index (Phi) is 34.1. The van der Waals surface area contributed by atoms with Gasteiger partial charge in [-0.1, -0.05) is 134 Å². The van der Waals surface area contributed by atoms with Gasteiger partial charge in [-0.25, -0.2) is 0 Å². The average Bonchev–Trinajstić information content (AvgIpc) is 2.97. The molecule has 0 saturated heterocycles. The molecule has 41 heavy (non-hydrogen) atoms. The minimum atomic E-state index is -0.0159. The standard InChI is InChI=1S/C37H71NO3/c1-3-5-7-9-11-12-13-14-15-16-17-18-19-22-26-30-36(32-34-39)38-33-28-24-21-23-27-31-37(40)41-35-29-25-20-10-8-6-4-2/h11-12,14-15,36,38-39H,3-10,13,16-35H2,1-2H3/b12-11-,15-14-. The topological polar surface area (TPSA) is 58.6 Å². The molecule has 4 heteroatoms. The first-order chi connectivity index (χ1) is 20.2. The van der Waals surface area contributed by atoms with Crippen molar-refractivity contribution in [3.63, 3.8) is 0 Å². The number of allylic oxidation sites excluding steroid dienone is 4. The van der Waals surface area contributed by atoms with Crippen molar-refractivity contribution in [2.75, 3.05) is 19.8 Å². The molecule has 0 rings (SSSR count). The highest BCUT2D eigenvalue weighted by Crippen LogP contribution is 2.12. The monoisotopic (exact) mass is 578 g/mol. The van der Waals surface area contributed by atoms with Crippen molar-refractivity contribution < 1.29 is 14.6 Å². The zero-order valence-electron chi connectivity index (χ0n) is 27.7. The van der Waals surface area contributed by atoms with Crippen LogP contribution >= 0.6 is 0 Å². The maximum atomic E-state index is 11.9. The molecular formula is C37H71NO3. The van der Waals surface area contributed by atoms with E-state index < -0.39 is 0 Å². The minimum Gasteiger partial charge on any atom is -0.466 e. The number of carbonyl (C=O) groups is 1. The normalized spacial score (nSPS) is 12.6. The summed E-state index contributed by atoms with van der Waals surface area (Å²) in [6, 6.07) is 0.448. The number of unbranched alkanes of at least 4 members (excludes halogenated alkanes) is 18. The second kappa shape index (κ2) is 35.1. The van der Waals surface area contributed by atoms with E-state index in [0.29, 0.717) is 19.1 Å². The van der Waals surface area contributed by atoms with Crippen molar-refractivity contribution in [3.05, 3.63) is 24.3 Å². The summed E-state index contributed by atoms with van der Waals surface area (Å²) < 4.78 is 5.38. The van der Waals surface area contributed by atoms with Crippen LogP contribution in [0.4, 0.5) is 0 Å². The molecule has 1 unspecified atom stereocenters. The van der Waals surface area contributed by atoms with Gasteiger partial charge in [-0.3, -0.25) is 4.79 Å². The van der Waals surface area contributed by atoms with E-state index in [1.807, 2.05) is 0 Å². The van der Waals surface area contributed by atoms with Crippen molar-refractivity contribution in [1.82, 2.24) is 5.32 Å². The third-order valence-electron chi connectivity index (χ3n) is 7.98. The lowest BCUT2D eigenvalue weighted by atomic mass is 10.0. The number of hydrogen-bond acceptors (Lipinski definition) is 4. The van der Waals surface area contributed by atoms with Crippen molar-refractivity contribution in [3.8, 4) is 0 Å². The Morgan fingerprint density at radius 3 is 1.85 bits per heavy atom. The van der Waals surface area contributed by atoms with Gasteiger partial charge in [0, 0.05) is 19.1 Å². The average molecular weight is 578 g/mol. The lowest BCUT2D eigenvalue weighted by Crippen LogP contribution is -2.30. The molecule has 0 aliphatic rings. The molecule has 0 aromatic carbocycles. The van der Waals surface area contributed by atoms with Gasteiger partial charge in [0.05, 0.1) is 6.61 Å². The molecule has 4 nitrogen and oxygen atoms in total. The van der Waals surface area contributed by atoms with Crippen LogP contribution in [0.3, 0.4) is 0 Å². The smallest absolute Gasteiger partial charge is 0.305 e. The van der Waals surface area contributed by atoms with Gasteiger partial charge in [0.2, 0.25) is 0 Å². The molecule has 0 aliphatic carbocycles. The molecular weight excluding hydrogens is 506 g/mol. The molecule has 0 radical (unpaired) electrons. The molecule has 1 atom stereocenters. The van der Waals surface area contributed by atoms with Crippen LogP contribution in [0.1, 0.15) is 181 Å². The molecule has 0 fully saturated rings. The van der Waals surface area contributed by atoms with E-state index in [4.69, 9.17) is 4.74 Å². The number of ether oxygens (including phenoxy) is 1. The van der Waals surface area contributed by atoms with Gasteiger partial charge in [-0.2, -0.15) is 0 Å². The summed E-state index contributed by atoms with van der Waals surface area (Å²) in [6.07, 6.45) is 40.3. The SMILES string of the molecule is CCCCC/C=C\C/C=C\CCCCCCCC(CCO)NCCCCCCCC(=O)OCCCCCCCCC. The summed E-state index contributed by atoms with van der Waals surface area (Å²) in [6.45, 7) is 6.40. The largest absolute Gasteiger partial charge is 0.466 e. The Morgan fingerprint density at radius 2 is 1.17 bits per heavy atom. The molecule has 0 aromatic rings. The second-order valence-corrected chi connectivity index (χ2v) is 12.0. The third-order valence-corrected chi connectivity index (χ3v) is 7.98. The van der Waals surface area contributed by atoms with E-state index in [2.05, 4.69) is 43.5 Å². The summed E-state index contributed by atoms with van der Waals surface area (Å²) in [5.74, 6) is -0.0159. The molecule has 0 heterocycles. The number of hydrogen-bond donors (Lipinski definition) is 2. The van der Waals surface area contributed by atoms with Crippen LogP contribution in [0.2, 0.25) is 0 Å². The Hall–Kier alpha value is -1.13. The van der Waals surface area contributed by atoms with Crippen molar-refractivity contribution in [2.45, 2.75) is 187 Å². The number of rotatable bonds is 33. The number of carbonyl (C=O) groups excluding carboxylic acids is 1. The Morgan fingerprint density at radius 1 is 0.634 bits per heavy atom. The van der Waals surface area contributed by atoms with Gasteiger partial charge in [-0.05, 0) is 70.8 Å². The first-order valence-electron chi connectivity index (χ1n) is 18.0. The summed E-state index contributed by atoms with van der Waals surface area (Å²) >= 11 is 0. The van der Waals surface area contributed by atoms with E-state index >= 15 is 0 Å². The Balaban J connectivity index is 3.52. The molecule has 0 bridgehead atoms. The fraction of sp³-hybridized carbons (Fsp3) is 0.865.